The standard InChI is InChI=1S/C14H20N2O/c1-10-7-12(5-6-17-10)16-8-11-3-2-4-14(15)13(11)9-16/h2-4,10,12H,5-9,15H2,1H3. The zero-order valence-electron chi connectivity index (χ0n) is 10.4. The molecule has 2 heterocycles. The summed E-state index contributed by atoms with van der Waals surface area (Å²) in [7, 11) is 0. The number of nitrogen functional groups attached to an aromatic ring is 1. The van der Waals surface area contributed by atoms with E-state index in [0.717, 1.165) is 38.2 Å². The van der Waals surface area contributed by atoms with Crippen LogP contribution in [0.5, 0.6) is 0 Å². The molecule has 3 nitrogen and oxygen atoms in total. The van der Waals surface area contributed by atoms with E-state index in [1.54, 1.807) is 0 Å². The number of rotatable bonds is 1. The second-order valence-corrected chi connectivity index (χ2v) is 5.25. The van der Waals surface area contributed by atoms with E-state index < -0.39 is 0 Å². The first-order chi connectivity index (χ1) is 8.24. The van der Waals surface area contributed by atoms with Crippen LogP contribution in [-0.4, -0.2) is 23.7 Å². The van der Waals surface area contributed by atoms with Crippen LogP contribution >= 0.6 is 0 Å². The van der Waals surface area contributed by atoms with Crippen molar-refractivity contribution < 1.29 is 4.74 Å². The van der Waals surface area contributed by atoms with Crippen LogP contribution in [0, 0.1) is 0 Å². The van der Waals surface area contributed by atoms with Crippen LogP contribution in [0.25, 0.3) is 0 Å². The van der Waals surface area contributed by atoms with Gasteiger partial charge in [-0.3, -0.25) is 4.90 Å². The van der Waals surface area contributed by atoms with Crippen LogP contribution in [0.2, 0.25) is 0 Å². The Morgan fingerprint density at radius 3 is 3.00 bits per heavy atom. The number of nitrogens with zero attached hydrogens (tertiary/aromatic N) is 1. The van der Waals surface area contributed by atoms with Crippen LogP contribution < -0.4 is 5.73 Å². The molecule has 92 valence electrons. The van der Waals surface area contributed by atoms with E-state index in [4.69, 9.17) is 10.5 Å². The molecule has 0 saturated carbocycles. The summed E-state index contributed by atoms with van der Waals surface area (Å²) in [5.41, 5.74) is 9.73. The second-order valence-electron chi connectivity index (χ2n) is 5.25. The van der Waals surface area contributed by atoms with Crippen LogP contribution in [0.4, 0.5) is 5.69 Å². The SMILES string of the molecule is CC1CC(N2Cc3cccc(N)c3C2)CCO1. The average molecular weight is 232 g/mol. The maximum absolute atomic E-state index is 6.04. The van der Waals surface area contributed by atoms with Crippen LogP contribution in [-0.2, 0) is 17.8 Å². The van der Waals surface area contributed by atoms with Crippen LogP contribution in [0.15, 0.2) is 18.2 Å². The summed E-state index contributed by atoms with van der Waals surface area (Å²) in [4.78, 5) is 2.56. The monoisotopic (exact) mass is 232 g/mol. The Balaban J connectivity index is 1.75. The summed E-state index contributed by atoms with van der Waals surface area (Å²) in [5, 5.41) is 0. The van der Waals surface area contributed by atoms with Crippen molar-refractivity contribution in [3.63, 3.8) is 0 Å². The van der Waals surface area contributed by atoms with E-state index in [1.807, 2.05) is 6.07 Å². The summed E-state index contributed by atoms with van der Waals surface area (Å²) in [6, 6.07) is 6.93. The molecule has 0 aromatic heterocycles. The molecule has 2 aliphatic rings. The predicted octanol–water partition coefficient (Wildman–Crippen LogP) is 2.15. The van der Waals surface area contributed by atoms with Gasteiger partial charge in [0.25, 0.3) is 0 Å². The maximum atomic E-state index is 6.04. The molecule has 3 rings (SSSR count). The molecule has 2 N–H and O–H groups in total. The third kappa shape index (κ3) is 2.05. The van der Waals surface area contributed by atoms with E-state index in [-0.39, 0.29) is 0 Å². The number of anilines is 1. The van der Waals surface area contributed by atoms with Crippen molar-refractivity contribution in [1.29, 1.82) is 0 Å². The lowest BCUT2D eigenvalue weighted by molar-refractivity contribution is -0.0186. The Morgan fingerprint density at radius 2 is 2.24 bits per heavy atom. The second kappa shape index (κ2) is 4.31. The molecule has 1 saturated heterocycles. The first-order valence-electron chi connectivity index (χ1n) is 6.46. The van der Waals surface area contributed by atoms with Gasteiger partial charge in [-0.05, 0) is 37.0 Å². The van der Waals surface area contributed by atoms with E-state index in [2.05, 4.69) is 24.0 Å². The van der Waals surface area contributed by atoms with Crippen molar-refractivity contribution in [3.05, 3.63) is 29.3 Å². The molecule has 0 amide bonds. The maximum Gasteiger partial charge on any atom is 0.0561 e. The fraction of sp³-hybridized carbons (Fsp3) is 0.571. The average Bonchev–Trinajstić information content (AvgIpc) is 2.74. The van der Waals surface area contributed by atoms with E-state index in [0.29, 0.717) is 12.1 Å². The van der Waals surface area contributed by atoms with Crippen molar-refractivity contribution in [2.45, 2.75) is 45.0 Å². The first-order valence-corrected chi connectivity index (χ1v) is 6.46. The van der Waals surface area contributed by atoms with Gasteiger partial charge in [-0.25, -0.2) is 0 Å². The Kier molecular flexibility index (Phi) is 2.81. The van der Waals surface area contributed by atoms with Gasteiger partial charge in [-0.15, -0.1) is 0 Å². The van der Waals surface area contributed by atoms with Crippen molar-refractivity contribution >= 4 is 5.69 Å². The molecule has 2 aliphatic heterocycles. The molecular weight excluding hydrogens is 212 g/mol. The molecule has 17 heavy (non-hydrogen) atoms. The summed E-state index contributed by atoms with van der Waals surface area (Å²) in [6.07, 6.45) is 2.70. The van der Waals surface area contributed by atoms with Gasteiger partial charge in [-0.2, -0.15) is 0 Å². The number of nitrogens with two attached hydrogens (primary N) is 1. The first kappa shape index (κ1) is 11.1. The molecule has 0 aliphatic carbocycles. The minimum Gasteiger partial charge on any atom is -0.398 e. The quantitative estimate of drug-likeness (QED) is 0.754. The topological polar surface area (TPSA) is 38.5 Å². The Bertz CT molecular complexity index is 419. The van der Waals surface area contributed by atoms with Crippen molar-refractivity contribution in [2.75, 3.05) is 12.3 Å². The predicted molar refractivity (Wildman–Crippen MR) is 68.5 cm³/mol. The van der Waals surface area contributed by atoms with Gasteiger partial charge in [0.15, 0.2) is 0 Å². The molecule has 3 heteroatoms. The molecule has 1 aromatic rings. The lowest BCUT2D eigenvalue weighted by atomic mass is 10.0. The number of hydrogen-bond acceptors (Lipinski definition) is 3. The largest absolute Gasteiger partial charge is 0.398 e. The van der Waals surface area contributed by atoms with Gasteiger partial charge >= 0.3 is 0 Å². The van der Waals surface area contributed by atoms with Crippen molar-refractivity contribution in [2.24, 2.45) is 0 Å². The minimum absolute atomic E-state index is 0.398. The van der Waals surface area contributed by atoms with Gasteiger partial charge in [0.1, 0.15) is 0 Å². The zero-order chi connectivity index (χ0) is 11.8. The van der Waals surface area contributed by atoms with Crippen molar-refractivity contribution in [1.82, 2.24) is 4.90 Å². The Labute approximate surface area is 103 Å². The van der Waals surface area contributed by atoms with E-state index in [1.165, 1.54) is 11.1 Å². The number of hydrogen-bond donors (Lipinski definition) is 1. The van der Waals surface area contributed by atoms with Gasteiger partial charge in [0, 0.05) is 31.4 Å². The highest BCUT2D eigenvalue weighted by atomic mass is 16.5. The smallest absolute Gasteiger partial charge is 0.0561 e. The van der Waals surface area contributed by atoms with Gasteiger partial charge in [-0.1, -0.05) is 12.1 Å². The minimum atomic E-state index is 0.398. The molecule has 1 aromatic carbocycles. The summed E-state index contributed by atoms with van der Waals surface area (Å²) in [5.74, 6) is 0. The summed E-state index contributed by atoms with van der Waals surface area (Å²) < 4.78 is 5.62. The van der Waals surface area contributed by atoms with Crippen LogP contribution in [0.1, 0.15) is 30.9 Å². The molecular formula is C14H20N2O. The third-order valence-electron chi connectivity index (χ3n) is 4.02. The van der Waals surface area contributed by atoms with E-state index >= 15 is 0 Å². The van der Waals surface area contributed by atoms with Crippen LogP contribution in [0.3, 0.4) is 0 Å². The molecule has 0 radical (unpaired) electrons. The number of fused-ring (bicyclic) bond motifs is 1. The highest BCUT2D eigenvalue weighted by molar-refractivity contribution is 5.52. The Morgan fingerprint density at radius 1 is 1.35 bits per heavy atom. The fourth-order valence-corrected chi connectivity index (χ4v) is 3.04. The Hall–Kier alpha value is -1.06. The molecule has 2 atom stereocenters. The molecule has 0 spiro atoms. The normalized spacial score (nSPS) is 29.2. The van der Waals surface area contributed by atoms with Gasteiger partial charge in [0.05, 0.1) is 6.10 Å². The molecule has 1 fully saturated rings. The lowest BCUT2D eigenvalue weighted by Crippen LogP contribution is -2.38. The highest BCUT2D eigenvalue weighted by Gasteiger charge is 2.30. The molecule has 2 unspecified atom stereocenters. The van der Waals surface area contributed by atoms with Gasteiger partial charge < -0.3 is 10.5 Å². The fourth-order valence-electron chi connectivity index (χ4n) is 3.04. The lowest BCUT2D eigenvalue weighted by Gasteiger charge is -2.34. The van der Waals surface area contributed by atoms with Crippen molar-refractivity contribution in [3.8, 4) is 0 Å². The van der Waals surface area contributed by atoms with E-state index in [9.17, 15) is 0 Å². The summed E-state index contributed by atoms with van der Waals surface area (Å²) in [6.45, 7) is 5.13. The highest BCUT2D eigenvalue weighted by Crippen LogP contribution is 2.32. The number of ether oxygens (including phenoxy) is 1. The van der Waals surface area contributed by atoms with Gasteiger partial charge in [0.2, 0.25) is 0 Å². The molecule has 0 bridgehead atoms. The third-order valence-corrected chi connectivity index (χ3v) is 4.02. The number of benzene rings is 1. The summed E-state index contributed by atoms with van der Waals surface area (Å²) >= 11 is 0. The zero-order valence-corrected chi connectivity index (χ0v) is 10.4.